The van der Waals surface area contributed by atoms with E-state index in [0.29, 0.717) is 18.7 Å². The summed E-state index contributed by atoms with van der Waals surface area (Å²) in [5, 5.41) is 2.75. The van der Waals surface area contributed by atoms with Crippen molar-refractivity contribution in [1.82, 2.24) is 9.62 Å². The Balaban J connectivity index is 1.77. The van der Waals surface area contributed by atoms with E-state index in [1.54, 1.807) is 12.1 Å². The van der Waals surface area contributed by atoms with Gasteiger partial charge in [-0.3, -0.25) is 4.79 Å². The number of ether oxygens (including phenoxy) is 1. The summed E-state index contributed by atoms with van der Waals surface area (Å²) in [7, 11) is -3.91. The van der Waals surface area contributed by atoms with Crippen LogP contribution in [0.1, 0.15) is 24.0 Å². The first-order valence-corrected chi connectivity index (χ1v) is 11.0. The summed E-state index contributed by atoms with van der Waals surface area (Å²) in [5.74, 6) is -0.811. The molecule has 0 radical (unpaired) electrons. The second kappa shape index (κ2) is 9.47. The average molecular weight is 421 g/mol. The molecule has 0 unspecified atom stereocenters. The number of hydrogen-bond acceptors (Lipinski definition) is 4. The zero-order valence-corrected chi connectivity index (χ0v) is 17.1. The third kappa shape index (κ3) is 5.85. The molecular weight excluding hydrogens is 395 g/mol. The highest BCUT2D eigenvalue weighted by Gasteiger charge is 2.27. The number of carbonyl (C=O) groups excluding carboxylic acids is 1. The Morgan fingerprint density at radius 2 is 1.86 bits per heavy atom. The first-order valence-electron chi connectivity index (χ1n) is 9.54. The maximum atomic E-state index is 13.2. The highest BCUT2D eigenvalue weighted by atomic mass is 32.2. The van der Waals surface area contributed by atoms with E-state index in [2.05, 4.69) is 5.32 Å². The molecule has 29 heavy (non-hydrogen) atoms. The van der Waals surface area contributed by atoms with Gasteiger partial charge in [-0.25, -0.2) is 12.8 Å². The van der Waals surface area contributed by atoms with Gasteiger partial charge in [0.1, 0.15) is 5.82 Å². The third-order valence-corrected chi connectivity index (χ3v) is 6.61. The van der Waals surface area contributed by atoms with E-state index in [4.69, 9.17) is 4.74 Å². The van der Waals surface area contributed by atoms with Crippen LogP contribution in [0, 0.1) is 12.7 Å². The predicted octanol–water partition coefficient (Wildman–Crippen LogP) is 2.62. The number of rotatable bonds is 8. The van der Waals surface area contributed by atoms with Gasteiger partial charge in [0.2, 0.25) is 15.9 Å². The molecule has 3 rings (SSSR count). The number of hydrogen-bond donors (Lipinski definition) is 1. The van der Waals surface area contributed by atoms with Crippen molar-refractivity contribution >= 4 is 15.9 Å². The molecule has 1 atom stereocenters. The highest BCUT2D eigenvalue weighted by molar-refractivity contribution is 7.89. The molecule has 0 aliphatic carbocycles. The molecule has 2 aromatic carbocycles. The molecule has 8 heteroatoms. The largest absolute Gasteiger partial charge is 0.376 e. The highest BCUT2D eigenvalue weighted by Crippen LogP contribution is 2.19. The lowest BCUT2D eigenvalue weighted by molar-refractivity contribution is -0.121. The Kier molecular flexibility index (Phi) is 7.00. The maximum Gasteiger partial charge on any atom is 0.243 e. The van der Waals surface area contributed by atoms with Crippen LogP contribution in [0.2, 0.25) is 0 Å². The minimum absolute atomic E-state index is 0.0294. The van der Waals surface area contributed by atoms with Crippen LogP contribution in [0.25, 0.3) is 0 Å². The van der Waals surface area contributed by atoms with Gasteiger partial charge >= 0.3 is 0 Å². The summed E-state index contributed by atoms with van der Waals surface area (Å²) in [6.07, 6.45) is 1.80. The van der Waals surface area contributed by atoms with Crippen molar-refractivity contribution in [2.75, 3.05) is 19.7 Å². The van der Waals surface area contributed by atoms with Gasteiger partial charge < -0.3 is 10.1 Å². The van der Waals surface area contributed by atoms with Crippen LogP contribution < -0.4 is 5.32 Å². The molecule has 1 fully saturated rings. The van der Waals surface area contributed by atoms with Crippen LogP contribution in [0.15, 0.2) is 53.4 Å². The summed E-state index contributed by atoms with van der Waals surface area (Å²) in [4.78, 5) is 12.6. The number of aryl methyl sites for hydroxylation is 1. The number of nitrogens with one attached hydrogen (secondary N) is 1. The van der Waals surface area contributed by atoms with Gasteiger partial charge in [-0.2, -0.15) is 4.31 Å². The monoisotopic (exact) mass is 420 g/mol. The molecule has 1 saturated heterocycles. The number of sulfonamides is 1. The lowest BCUT2D eigenvalue weighted by atomic mass is 10.2. The van der Waals surface area contributed by atoms with E-state index in [1.165, 1.54) is 36.4 Å². The Morgan fingerprint density at radius 1 is 1.17 bits per heavy atom. The van der Waals surface area contributed by atoms with Gasteiger partial charge in [-0.15, -0.1) is 0 Å². The van der Waals surface area contributed by atoms with Crippen molar-refractivity contribution in [3.8, 4) is 0 Å². The van der Waals surface area contributed by atoms with Gasteiger partial charge in [0.15, 0.2) is 0 Å². The number of halogens is 1. The van der Waals surface area contributed by atoms with Crippen molar-refractivity contribution in [2.45, 2.75) is 37.3 Å². The van der Waals surface area contributed by atoms with Crippen molar-refractivity contribution in [3.63, 3.8) is 0 Å². The van der Waals surface area contributed by atoms with Crippen LogP contribution in [0.5, 0.6) is 0 Å². The van der Waals surface area contributed by atoms with Crippen molar-refractivity contribution in [1.29, 1.82) is 0 Å². The summed E-state index contributed by atoms with van der Waals surface area (Å²) in [6, 6.07) is 12.0. The van der Waals surface area contributed by atoms with Gasteiger partial charge in [0, 0.05) is 19.7 Å². The minimum Gasteiger partial charge on any atom is -0.376 e. The molecule has 1 aliphatic rings. The lowest BCUT2D eigenvalue weighted by Gasteiger charge is -2.22. The Hall–Kier alpha value is -2.29. The van der Waals surface area contributed by atoms with Crippen LogP contribution in [-0.4, -0.2) is 44.4 Å². The molecule has 1 N–H and O–H groups in total. The SMILES string of the molecule is Cc1ccc(S(=O)(=O)N(CC(=O)NC[C@H]2CCCO2)Cc2ccc(F)cc2)cc1. The van der Waals surface area contributed by atoms with Crippen LogP contribution in [0.3, 0.4) is 0 Å². The molecule has 0 spiro atoms. The molecule has 156 valence electrons. The zero-order valence-electron chi connectivity index (χ0n) is 16.3. The summed E-state index contributed by atoms with van der Waals surface area (Å²) >= 11 is 0. The second-order valence-corrected chi connectivity index (χ2v) is 9.09. The van der Waals surface area contributed by atoms with Crippen molar-refractivity contribution in [2.24, 2.45) is 0 Å². The molecule has 1 aliphatic heterocycles. The fourth-order valence-corrected chi connectivity index (χ4v) is 4.51. The normalized spacial score (nSPS) is 16.9. The van der Waals surface area contributed by atoms with E-state index in [1.807, 2.05) is 6.92 Å². The standard InChI is InChI=1S/C21H25FN2O4S/c1-16-4-10-20(11-5-16)29(26,27)24(14-17-6-8-18(22)9-7-17)15-21(25)23-13-19-3-2-12-28-19/h4-11,19H,2-3,12-15H2,1H3,(H,23,25)/t19-/m1/s1. The van der Waals surface area contributed by atoms with Crippen molar-refractivity contribution < 1.29 is 22.3 Å². The molecular formula is C21H25FN2O4S. The maximum absolute atomic E-state index is 13.2. The Morgan fingerprint density at radius 3 is 2.48 bits per heavy atom. The number of amides is 1. The molecule has 0 aromatic heterocycles. The molecule has 0 saturated carbocycles. The van der Waals surface area contributed by atoms with E-state index in [9.17, 15) is 17.6 Å². The fraction of sp³-hybridized carbons (Fsp3) is 0.381. The molecule has 1 heterocycles. The van der Waals surface area contributed by atoms with Gasteiger partial charge in [0.05, 0.1) is 17.5 Å². The molecule has 2 aromatic rings. The van der Waals surface area contributed by atoms with E-state index in [-0.39, 0.29) is 24.1 Å². The van der Waals surface area contributed by atoms with E-state index < -0.39 is 21.7 Å². The lowest BCUT2D eigenvalue weighted by Crippen LogP contribution is -2.42. The second-order valence-electron chi connectivity index (χ2n) is 7.15. The van der Waals surface area contributed by atoms with Gasteiger partial charge in [-0.1, -0.05) is 29.8 Å². The Bertz CT molecular complexity index is 924. The van der Waals surface area contributed by atoms with Crippen LogP contribution >= 0.6 is 0 Å². The molecule has 1 amide bonds. The Labute approximate surface area is 170 Å². The predicted molar refractivity (Wildman–Crippen MR) is 107 cm³/mol. The van der Waals surface area contributed by atoms with E-state index in [0.717, 1.165) is 22.7 Å². The van der Waals surface area contributed by atoms with Crippen molar-refractivity contribution in [3.05, 3.63) is 65.5 Å². The number of nitrogens with zero attached hydrogens (tertiary/aromatic N) is 1. The fourth-order valence-electron chi connectivity index (χ4n) is 3.13. The van der Waals surface area contributed by atoms with Crippen LogP contribution in [-0.2, 0) is 26.1 Å². The quantitative estimate of drug-likeness (QED) is 0.712. The smallest absolute Gasteiger partial charge is 0.243 e. The third-order valence-electron chi connectivity index (χ3n) is 4.80. The summed E-state index contributed by atoms with van der Waals surface area (Å²) < 4.78 is 46.1. The topological polar surface area (TPSA) is 75.7 Å². The first-order chi connectivity index (χ1) is 13.8. The number of carbonyl (C=O) groups is 1. The minimum atomic E-state index is -3.91. The number of benzene rings is 2. The molecule has 0 bridgehead atoms. The average Bonchev–Trinajstić information content (AvgIpc) is 3.21. The van der Waals surface area contributed by atoms with Gasteiger partial charge in [-0.05, 0) is 49.6 Å². The zero-order chi connectivity index (χ0) is 20.9. The summed E-state index contributed by atoms with van der Waals surface area (Å²) in [6.45, 7) is 2.53. The molecule has 6 nitrogen and oxygen atoms in total. The van der Waals surface area contributed by atoms with Crippen LogP contribution in [0.4, 0.5) is 4.39 Å². The van der Waals surface area contributed by atoms with E-state index >= 15 is 0 Å². The first kappa shape index (κ1) is 21.4. The summed E-state index contributed by atoms with van der Waals surface area (Å²) in [5.41, 5.74) is 1.53. The van der Waals surface area contributed by atoms with Gasteiger partial charge in [0.25, 0.3) is 0 Å².